The molecule has 39 heavy (non-hydrogen) atoms. The zero-order chi connectivity index (χ0) is 28.7. The van der Waals surface area contributed by atoms with Crippen LogP contribution in [0.1, 0.15) is 53.9 Å². The predicted octanol–water partition coefficient (Wildman–Crippen LogP) is 5.45. The van der Waals surface area contributed by atoms with E-state index in [4.69, 9.17) is 4.74 Å². The molecule has 210 valence electrons. The second-order valence-corrected chi connectivity index (χ2v) is 9.13. The molecule has 0 saturated carbocycles. The lowest BCUT2D eigenvalue weighted by Crippen LogP contribution is -2.48. The Balaban J connectivity index is 1.89. The second-order valence-electron chi connectivity index (χ2n) is 9.13. The van der Waals surface area contributed by atoms with Gasteiger partial charge in [-0.1, -0.05) is 12.0 Å². The van der Waals surface area contributed by atoms with E-state index in [1.54, 1.807) is 19.1 Å². The molecule has 0 fully saturated rings. The highest BCUT2D eigenvalue weighted by Gasteiger charge is 2.42. The third kappa shape index (κ3) is 5.76. The normalized spacial score (nSPS) is 17.6. The molecule has 1 aromatic carbocycles. The molecule has 0 saturated heterocycles. The van der Waals surface area contributed by atoms with E-state index >= 15 is 0 Å². The molecular weight excluding hydrogens is 532 g/mol. The summed E-state index contributed by atoms with van der Waals surface area (Å²) < 4.78 is 86.4. The van der Waals surface area contributed by atoms with Gasteiger partial charge in [-0.05, 0) is 60.9 Å². The molecule has 0 aliphatic carbocycles. The largest absolute Gasteiger partial charge is 0.452 e. The molecule has 0 N–H and O–H groups in total. The molecule has 4 rings (SSSR count). The monoisotopic (exact) mass is 557 g/mol. The highest BCUT2D eigenvalue weighted by Crippen LogP contribution is 2.43. The van der Waals surface area contributed by atoms with Gasteiger partial charge in [0.05, 0.1) is 42.7 Å². The van der Waals surface area contributed by atoms with Crippen molar-refractivity contribution in [3.63, 3.8) is 0 Å². The Bertz CT molecular complexity index is 1330. The number of methoxy groups -OCH3 is 1. The first kappa shape index (κ1) is 28.1. The molecule has 2 atom stereocenters. The van der Waals surface area contributed by atoms with Crippen molar-refractivity contribution in [1.29, 1.82) is 0 Å². The molecule has 0 unspecified atom stereocenters. The maximum Gasteiger partial charge on any atom is 0.416 e. The van der Waals surface area contributed by atoms with Crippen molar-refractivity contribution in [2.45, 2.75) is 57.7 Å². The third-order valence-corrected chi connectivity index (χ3v) is 6.45. The quantitative estimate of drug-likeness (QED) is 0.385. The number of halogens is 6. The Morgan fingerprint density at radius 1 is 1.10 bits per heavy atom. The van der Waals surface area contributed by atoms with E-state index in [1.165, 1.54) is 24.0 Å². The van der Waals surface area contributed by atoms with Crippen molar-refractivity contribution in [2.24, 2.45) is 7.05 Å². The average molecular weight is 557 g/mol. The second kappa shape index (κ2) is 10.3. The number of ether oxygens (including phenoxy) is 1. The third-order valence-electron chi connectivity index (χ3n) is 6.45. The number of fused-ring (bicyclic) bond motifs is 1. The van der Waals surface area contributed by atoms with Crippen molar-refractivity contribution in [1.82, 2.24) is 25.2 Å². The van der Waals surface area contributed by atoms with Gasteiger partial charge in [0.25, 0.3) is 5.95 Å². The van der Waals surface area contributed by atoms with E-state index in [9.17, 15) is 31.1 Å². The van der Waals surface area contributed by atoms with Gasteiger partial charge < -0.3 is 9.64 Å². The molecule has 1 aliphatic rings. The van der Waals surface area contributed by atoms with Crippen LogP contribution in [0.25, 0.3) is 0 Å². The summed E-state index contributed by atoms with van der Waals surface area (Å²) in [5, 5.41) is 12.0. The molecule has 0 radical (unpaired) electrons. The Hall–Kier alpha value is -3.91. The van der Waals surface area contributed by atoms with Gasteiger partial charge in [0.15, 0.2) is 0 Å². The molecular formula is C24H25F6N7O2. The number of hydrogen-bond donors (Lipinski definition) is 0. The number of aryl methyl sites for hydroxylation is 2. The number of pyridine rings is 1. The summed E-state index contributed by atoms with van der Waals surface area (Å²) in [4.78, 5) is 21.3. The van der Waals surface area contributed by atoms with E-state index in [1.807, 2.05) is 6.92 Å². The first-order valence-electron chi connectivity index (χ1n) is 11.9. The fourth-order valence-electron chi connectivity index (χ4n) is 4.68. The lowest BCUT2D eigenvalue weighted by Gasteiger charge is -2.42. The summed E-state index contributed by atoms with van der Waals surface area (Å²) in [6.07, 6.45) is -9.93. The summed E-state index contributed by atoms with van der Waals surface area (Å²) in [7, 11) is 2.72. The van der Waals surface area contributed by atoms with Crippen LogP contribution < -0.4 is 9.80 Å². The SMILES string of the molecule is CC[C@@H]1C[C@H](N(Cc2cc(C(F)(F)F)cc(C(F)(F)F)c2)c2nnn(C)n2)c2nc(C)ccc2N1C(=O)OC. The van der Waals surface area contributed by atoms with E-state index in [2.05, 4.69) is 20.4 Å². The Labute approximate surface area is 219 Å². The number of anilines is 2. The molecule has 0 bridgehead atoms. The zero-order valence-corrected chi connectivity index (χ0v) is 21.4. The van der Waals surface area contributed by atoms with E-state index < -0.39 is 48.2 Å². The number of carbonyl (C=O) groups is 1. The van der Waals surface area contributed by atoms with Gasteiger partial charge >= 0.3 is 18.4 Å². The molecule has 9 nitrogen and oxygen atoms in total. The summed E-state index contributed by atoms with van der Waals surface area (Å²) in [5.74, 6) is -0.0240. The van der Waals surface area contributed by atoms with Crippen molar-refractivity contribution < 1.29 is 35.9 Å². The van der Waals surface area contributed by atoms with Gasteiger partial charge in [0.2, 0.25) is 0 Å². The lowest BCUT2D eigenvalue weighted by atomic mass is 9.91. The summed E-state index contributed by atoms with van der Waals surface area (Å²) in [5.41, 5.74) is -1.75. The van der Waals surface area contributed by atoms with Gasteiger partial charge in [-0.2, -0.15) is 31.1 Å². The van der Waals surface area contributed by atoms with Crippen molar-refractivity contribution in [2.75, 3.05) is 16.9 Å². The molecule has 0 spiro atoms. The molecule has 1 amide bonds. The number of hydrogen-bond acceptors (Lipinski definition) is 7. The molecule has 3 heterocycles. The number of benzene rings is 1. The standard InChI is InChI=1S/C24H25F6N7O2/c1-5-17-11-19(20-18(7-6-13(2)31-20)37(17)22(38)39-4)36(21-32-34-35(3)33-21)12-14-8-15(23(25,26)27)10-16(9-14)24(28,29)30/h6-10,17,19H,5,11-12H2,1-4H3/t17-,19+/m1/s1. The number of alkyl halides is 6. The van der Waals surface area contributed by atoms with Crippen LogP contribution in [0.15, 0.2) is 30.3 Å². The van der Waals surface area contributed by atoms with Crippen LogP contribution in [0.5, 0.6) is 0 Å². The predicted molar refractivity (Wildman–Crippen MR) is 127 cm³/mol. The van der Waals surface area contributed by atoms with Gasteiger partial charge in [-0.3, -0.25) is 9.88 Å². The van der Waals surface area contributed by atoms with E-state index in [0.717, 1.165) is 4.80 Å². The minimum Gasteiger partial charge on any atom is -0.452 e. The van der Waals surface area contributed by atoms with Crippen LogP contribution in [0.2, 0.25) is 0 Å². The van der Waals surface area contributed by atoms with Gasteiger partial charge in [-0.25, -0.2) is 4.79 Å². The summed E-state index contributed by atoms with van der Waals surface area (Å²) in [6.45, 7) is 3.14. The number of nitrogens with zero attached hydrogens (tertiary/aromatic N) is 7. The number of tetrazole rings is 1. The lowest BCUT2D eigenvalue weighted by molar-refractivity contribution is -0.143. The van der Waals surface area contributed by atoms with Crippen molar-refractivity contribution >= 4 is 17.7 Å². The maximum absolute atomic E-state index is 13.6. The van der Waals surface area contributed by atoms with Crippen LogP contribution in [0, 0.1) is 6.92 Å². The molecule has 2 aromatic heterocycles. The summed E-state index contributed by atoms with van der Waals surface area (Å²) in [6, 6.07) is 3.64. The fraction of sp³-hybridized carbons (Fsp3) is 0.458. The minimum atomic E-state index is -5.00. The fourth-order valence-corrected chi connectivity index (χ4v) is 4.68. The number of aromatic nitrogens is 5. The van der Waals surface area contributed by atoms with Crippen LogP contribution in [0.3, 0.4) is 0 Å². The van der Waals surface area contributed by atoms with Crippen molar-refractivity contribution in [3.05, 3.63) is 58.4 Å². The van der Waals surface area contributed by atoms with Crippen LogP contribution >= 0.6 is 0 Å². The first-order chi connectivity index (χ1) is 18.2. The van der Waals surface area contributed by atoms with Crippen LogP contribution in [-0.2, 0) is 30.7 Å². The van der Waals surface area contributed by atoms with Crippen LogP contribution in [0.4, 0.5) is 42.8 Å². The smallest absolute Gasteiger partial charge is 0.416 e. The van der Waals surface area contributed by atoms with Crippen molar-refractivity contribution in [3.8, 4) is 0 Å². The van der Waals surface area contributed by atoms with Gasteiger partial charge in [0.1, 0.15) is 0 Å². The Morgan fingerprint density at radius 3 is 2.26 bits per heavy atom. The van der Waals surface area contributed by atoms with Crippen LogP contribution in [-0.4, -0.2) is 44.4 Å². The highest BCUT2D eigenvalue weighted by molar-refractivity contribution is 5.90. The van der Waals surface area contributed by atoms with E-state index in [-0.39, 0.29) is 24.0 Å². The maximum atomic E-state index is 13.6. The minimum absolute atomic E-state index is 0.0240. The molecule has 15 heteroatoms. The highest BCUT2D eigenvalue weighted by atomic mass is 19.4. The number of carbonyl (C=O) groups excluding carboxylic acids is 1. The van der Waals surface area contributed by atoms with Gasteiger partial charge in [0, 0.05) is 18.3 Å². The zero-order valence-electron chi connectivity index (χ0n) is 21.4. The molecule has 1 aliphatic heterocycles. The Kier molecular flexibility index (Phi) is 7.45. The molecule has 3 aromatic rings. The number of rotatable bonds is 5. The first-order valence-corrected chi connectivity index (χ1v) is 11.9. The van der Waals surface area contributed by atoms with Gasteiger partial charge in [-0.15, -0.1) is 5.10 Å². The Morgan fingerprint density at radius 2 is 1.74 bits per heavy atom. The topological polar surface area (TPSA) is 89.3 Å². The van der Waals surface area contributed by atoms with E-state index in [0.29, 0.717) is 35.6 Å². The number of amides is 1. The summed E-state index contributed by atoms with van der Waals surface area (Å²) >= 11 is 0. The average Bonchev–Trinajstić information content (AvgIpc) is 3.30.